The number of Topliss-reactive ketones (excluding diaryl/α,β-unsaturated/α-hetero) is 2. The Labute approximate surface area is 110 Å². The van der Waals surface area contributed by atoms with Crippen molar-refractivity contribution >= 4 is 17.5 Å². The number of carbonyl (C=O) groups excluding carboxylic acids is 3. The van der Waals surface area contributed by atoms with Crippen LogP contribution in [0.15, 0.2) is 0 Å². The summed E-state index contributed by atoms with van der Waals surface area (Å²) in [6.07, 6.45) is -3.99. The summed E-state index contributed by atoms with van der Waals surface area (Å²) >= 11 is 0. The van der Waals surface area contributed by atoms with Crippen LogP contribution >= 0.6 is 0 Å². The minimum Gasteiger partial charge on any atom is -0.465 e. The molecule has 0 aliphatic carbocycles. The maximum absolute atomic E-state index is 12.4. The molecular weight excluding hydrogens is 262 g/mol. The Bertz CT molecular complexity index is 352. The highest BCUT2D eigenvalue weighted by atomic mass is 19.3. The van der Waals surface area contributed by atoms with Crippen LogP contribution in [0.25, 0.3) is 0 Å². The van der Waals surface area contributed by atoms with Gasteiger partial charge in [-0.3, -0.25) is 14.4 Å². The Morgan fingerprint density at radius 3 is 2.11 bits per heavy atom. The summed E-state index contributed by atoms with van der Waals surface area (Å²) < 4.78 is 34.2. The molecule has 0 spiro atoms. The third-order valence-corrected chi connectivity index (χ3v) is 2.70. The van der Waals surface area contributed by atoms with Crippen molar-refractivity contribution in [1.29, 1.82) is 0 Å². The molecule has 19 heavy (non-hydrogen) atoms. The Balaban J connectivity index is 5.02. The molecule has 1 atom stereocenters. The van der Waals surface area contributed by atoms with E-state index in [-0.39, 0.29) is 6.61 Å². The highest BCUT2D eigenvalue weighted by Crippen LogP contribution is 2.19. The van der Waals surface area contributed by atoms with Gasteiger partial charge >= 0.3 is 5.97 Å². The topological polar surface area (TPSA) is 69.7 Å². The summed E-state index contributed by atoms with van der Waals surface area (Å²) in [4.78, 5) is 34.5. The monoisotopic (exact) mass is 280 g/mol. The Hall–Kier alpha value is -1.37. The average molecular weight is 280 g/mol. The van der Waals surface area contributed by atoms with Gasteiger partial charge < -0.3 is 9.47 Å². The maximum atomic E-state index is 12.4. The van der Waals surface area contributed by atoms with Crippen LogP contribution in [0.1, 0.15) is 27.2 Å². The molecule has 0 aliphatic heterocycles. The molecule has 0 rings (SSSR count). The summed E-state index contributed by atoms with van der Waals surface area (Å²) in [6.45, 7) is 4.26. The highest BCUT2D eigenvalue weighted by molar-refractivity contribution is 6.04. The number of halogens is 2. The Morgan fingerprint density at radius 2 is 1.74 bits per heavy atom. The van der Waals surface area contributed by atoms with E-state index in [1.165, 1.54) is 27.9 Å². The fourth-order valence-electron chi connectivity index (χ4n) is 1.24. The molecule has 0 amide bonds. The first-order valence-electron chi connectivity index (χ1n) is 5.74. The van der Waals surface area contributed by atoms with Crippen LogP contribution in [-0.4, -0.2) is 43.3 Å². The Kier molecular flexibility index (Phi) is 6.75. The van der Waals surface area contributed by atoms with Gasteiger partial charge in [0.25, 0.3) is 6.43 Å². The van der Waals surface area contributed by atoms with E-state index >= 15 is 0 Å². The number of ether oxygens (including phenoxy) is 2. The molecule has 0 heterocycles. The van der Waals surface area contributed by atoms with Crippen LogP contribution in [0, 0.1) is 5.92 Å². The van der Waals surface area contributed by atoms with E-state index in [0.717, 1.165) is 0 Å². The van der Waals surface area contributed by atoms with Gasteiger partial charge in [0.2, 0.25) is 5.78 Å². The van der Waals surface area contributed by atoms with E-state index in [2.05, 4.69) is 4.74 Å². The lowest BCUT2D eigenvalue weighted by atomic mass is 9.90. The second-order valence-electron chi connectivity index (χ2n) is 4.35. The Morgan fingerprint density at radius 1 is 1.21 bits per heavy atom. The fourth-order valence-corrected chi connectivity index (χ4v) is 1.24. The maximum Gasteiger partial charge on any atom is 0.317 e. The van der Waals surface area contributed by atoms with E-state index in [1.807, 2.05) is 0 Å². The zero-order valence-electron chi connectivity index (χ0n) is 11.4. The van der Waals surface area contributed by atoms with Gasteiger partial charge in [0.15, 0.2) is 5.78 Å². The third kappa shape index (κ3) is 5.02. The predicted octanol–water partition coefficient (Wildman–Crippen LogP) is 1.38. The summed E-state index contributed by atoms with van der Waals surface area (Å²) in [5.74, 6) is -5.14. The smallest absolute Gasteiger partial charge is 0.317 e. The number of rotatable bonds is 8. The fraction of sp³-hybridized carbons (Fsp3) is 0.750. The zero-order chi connectivity index (χ0) is 15.2. The van der Waals surface area contributed by atoms with Gasteiger partial charge in [0.1, 0.15) is 11.5 Å². The van der Waals surface area contributed by atoms with E-state index in [9.17, 15) is 23.2 Å². The van der Waals surface area contributed by atoms with Gasteiger partial charge in [0.05, 0.1) is 6.61 Å². The molecule has 0 fully saturated rings. The third-order valence-electron chi connectivity index (χ3n) is 2.70. The van der Waals surface area contributed by atoms with Crippen molar-refractivity contribution < 1.29 is 32.6 Å². The van der Waals surface area contributed by atoms with Crippen molar-refractivity contribution in [2.45, 2.75) is 39.2 Å². The molecular formula is C12H18F2O5. The normalized spacial score (nSPS) is 13.2. The zero-order valence-corrected chi connectivity index (χ0v) is 11.4. The van der Waals surface area contributed by atoms with Gasteiger partial charge in [-0.1, -0.05) is 0 Å². The largest absolute Gasteiger partial charge is 0.465 e. The van der Waals surface area contributed by atoms with Gasteiger partial charge in [-0.05, 0) is 20.8 Å². The number of esters is 1. The molecule has 110 valence electrons. The predicted molar refractivity (Wildman–Crippen MR) is 61.8 cm³/mol. The highest BCUT2D eigenvalue weighted by Gasteiger charge is 2.39. The summed E-state index contributed by atoms with van der Waals surface area (Å²) in [5.41, 5.74) is -1.26. The summed E-state index contributed by atoms with van der Waals surface area (Å²) in [5, 5.41) is 0. The second kappa shape index (κ2) is 7.28. The van der Waals surface area contributed by atoms with Gasteiger partial charge in [0, 0.05) is 13.5 Å². The number of carbonyl (C=O) groups is 3. The van der Waals surface area contributed by atoms with Gasteiger partial charge in [-0.15, -0.1) is 0 Å². The summed E-state index contributed by atoms with van der Waals surface area (Å²) in [7, 11) is 1.27. The first-order valence-corrected chi connectivity index (χ1v) is 5.74. The van der Waals surface area contributed by atoms with Crippen LogP contribution in [0.5, 0.6) is 0 Å². The number of methoxy groups -OCH3 is 1. The molecule has 0 radical (unpaired) electrons. The molecule has 5 nitrogen and oxygen atoms in total. The number of hydrogen-bond acceptors (Lipinski definition) is 5. The van der Waals surface area contributed by atoms with E-state index in [1.54, 1.807) is 0 Å². The van der Waals surface area contributed by atoms with Crippen LogP contribution in [0.4, 0.5) is 8.78 Å². The van der Waals surface area contributed by atoms with Crippen molar-refractivity contribution in [2.75, 3.05) is 13.7 Å². The summed E-state index contributed by atoms with van der Waals surface area (Å²) in [6, 6.07) is 0. The van der Waals surface area contributed by atoms with Crippen molar-refractivity contribution in [3.63, 3.8) is 0 Å². The van der Waals surface area contributed by atoms with Crippen LogP contribution in [0.2, 0.25) is 0 Å². The van der Waals surface area contributed by atoms with Gasteiger partial charge in [-0.25, -0.2) is 8.78 Å². The SMILES string of the molecule is CCOC(=O)C(CC(=O)C(C)(C)OC)C(=O)C(F)F. The molecule has 7 heteroatoms. The van der Waals surface area contributed by atoms with E-state index in [0.29, 0.717) is 0 Å². The standard InChI is InChI=1S/C12H18F2O5/c1-5-19-11(17)7(9(16)10(13)14)6-8(15)12(2,3)18-4/h7,10H,5-6H2,1-4H3. The van der Waals surface area contributed by atoms with Crippen molar-refractivity contribution in [3.05, 3.63) is 0 Å². The lowest BCUT2D eigenvalue weighted by Crippen LogP contribution is -2.40. The molecule has 0 saturated carbocycles. The average Bonchev–Trinajstić information content (AvgIpc) is 2.34. The van der Waals surface area contributed by atoms with Crippen molar-refractivity contribution in [3.8, 4) is 0 Å². The second-order valence-corrected chi connectivity index (χ2v) is 4.35. The molecule has 1 unspecified atom stereocenters. The van der Waals surface area contributed by atoms with Crippen molar-refractivity contribution in [1.82, 2.24) is 0 Å². The van der Waals surface area contributed by atoms with Gasteiger partial charge in [-0.2, -0.15) is 0 Å². The van der Waals surface area contributed by atoms with Crippen LogP contribution in [-0.2, 0) is 23.9 Å². The van der Waals surface area contributed by atoms with E-state index in [4.69, 9.17) is 4.74 Å². The van der Waals surface area contributed by atoms with E-state index < -0.39 is 41.9 Å². The molecule has 0 aromatic rings. The first kappa shape index (κ1) is 17.6. The molecule has 0 bridgehead atoms. The van der Waals surface area contributed by atoms with Crippen LogP contribution in [0.3, 0.4) is 0 Å². The minimum absolute atomic E-state index is 0.0618. The first-order chi connectivity index (χ1) is 8.67. The lowest BCUT2D eigenvalue weighted by molar-refractivity contribution is -0.158. The van der Waals surface area contributed by atoms with Crippen LogP contribution < -0.4 is 0 Å². The molecule has 0 aromatic carbocycles. The number of alkyl halides is 2. The molecule has 0 aromatic heterocycles. The van der Waals surface area contributed by atoms with Crippen molar-refractivity contribution in [2.24, 2.45) is 5.92 Å². The quantitative estimate of drug-likeness (QED) is 0.496. The lowest BCUT2D eigenvalue weighted by Gasteiger charge is -2.23. The minimum atomic E-state index is -3.33. The molecule has 0 saturated heterocycles. The molecule has 0 N–H and O–H groups in total. The number of ketones is 2. The number of hydrogen-bond donors (Lipinski definition) is 0. The molecule has 0 aliphatic rings.